The molecule has 1 aromatic heterocycles. The van der Waals surface area contributed by atoms with Crippen LogP contribution in [0.25, 0.3) is 0 Å². The van der Waals surface area contributed by atoms with Crippen LogP contribution in [0.15, 0.2) is 18.3 Å². The molecule has 0 saturated heterocycles. The fraction of sp³-hybridized carbons (Fsp3) is 0.143. The maximum Gasteiger partial charge on any atom is 0.309 e. The van der Waals surface area contributed by atoms with Crippen LogP contribution in [0.3, 0.4) is 0 Å². The van der Waals surface area contributed by atoms with E-state index in [-0.39, 0.29) is 30.3 Å². The number of hydrogen-bond acceptors (Lipinski definition) is 3. The van der Waals surface area contributed by atoms with E-state index in [2.05, 4.69) is 4.98 Å². The molecule has 2 N–H and O–H groups in total. The molecule has 5 heteroatoms. The largest absolute Gasteiger partial charge is 0.506 e. The highest BCUT2D eigenvalue weighted by Gasteiger charge is 2.05. The SMILES string of the molecule is Cl.O=C(O)Cc1ncccc1O. The van der Waals surface area contributed by atoms with E-state index in [1.165, 1.54) is 12.3 Å². The van der Waals surface area contributed by atoms with Crippen LogP contribution in [0.4, 0.5) is 0 Å². The fourth-order valence-corrected chi connectivity index (χ4v) is 0.709. The predicted molar refractivity (Wildman–Crippen MR) is 44.5 cm³/mol. The Bertz CT molecular complexity index is 277. The lowest BCUT2D eigenvalue weighted by molar-refractivity contribution is -0.136. The van der Waals surface area contributed by atoms with Gasteiger partial charge in [-0.3, -0.25) is 9.78 Å². The Hall–Kier alpha value is -1.29. The number of aliphatic carboxylic acids is 1. The van der Waals surface area contributed by atoms with Gasteiger partial charge in [-0.2, -0.15) is 0 Å². The lowest BCUT2D eigenvalue weighted by Crippen LogP contribution is -2.01. The minimum atomic E-state index is -1.00. The van der Waals surface area contributed by atoms with E-state index in [9.17, 15) is 4.79 Å². The lowest BCUT2D eigenvalue weighted by Gasteiger charge is -1.97. The zero-order chi connectivity index (χ0) is 8.27. The number of aromatic nitrogens is 1. The third kappa shape index (κ3) is 2.75. The molecule has 1 heterocycles. The molecule has 0 aliphatic heterocycles. The third-order valence-corrected chi connectivity index (χ3v) is 1.18. The average molecular weight is 190 g/mol. The Morgan fingerprint density at radius 2 is 2.25 bits per heavy atom. The average Bonchev–Trinajstić information content (AvgIpc) is 1.93. The molecule has 0 amide bonds. The Morgan fingerprint density at radius 3 is 2.75 bits per heavy atom. The van der Waals surface area contributed by atoms with Crippen LogP contribution >= 0.6 is 12.4 Å². The molecule has 1 aromatic rings. The number of halogens is 1. The standard InChI is InChI=1S/C7H7NO3.ClH/c9-6-2-1-3-8-5(6)4-7(10)11;/h1-3,9H,4H2,(H,10,11);1H. The number of carboxylic acid groups (broad SMARTS) is 1. The van der Waals surface area contributed by atoms with Crippen LogP contribution in [0.1, 0.15) is 5.69 Å². The van der Waals surface area contributed by atoms with Gasteiger partial charge < -0.3 is 10.2 Å². The second-order valence-corrected chi connectivity index (χ2v) is 2.04. The number of pyridine rings is 1. The Labute approximate surface area is 75.3 Å². The van der Waals surface area contributed by atoms with Crippen molar-refractivity contribution >= 4 is 18.4 Å². The van der Waals surface area contributed by atoms with Gasteiger partial charge in [0.1, 0.15) is 5.75 Å². The summed E-state index contributed by atoms with van der Waals surface area (Å²) >= 11 is 0. The summed E-state index contributed by atoms with van der Waals surface area (Å²) in [5.74, 6) is -1.08. The van der Waals surface area contributed by atoms with Crippen molar-refractivity contribution in [3.63, 3.8) is 0 Å². The van der Waals surface area contributed by atoms with Crippen molar-refractivity contribution in [1.82, 2.24) is 4.98 Å². The smallest absolute Gasteiger partial charge is 0.309 e. The molecule has 0 aliphatic carbocycles. The van der Waals surface area contributed by atoms with Gasteiger partial charge in [0.15, 0.2) is 0 Å². The van der Waals surface area contributed by atoms with Gasteiger partial charge in [0, 0.05) is 6.20 Å². The van der Waals surface area contributed by atoms with Crippen LogP contribution in [0.5, 0.6) is 5.75 Å². The third-order valence-electron chi connectivity index (χ3n) is 1.18. The molecule has 0 bridgehead atoms. The second-order valence-electron chi connectivity index (χ2n) is 2.04. The maximum atomic E-state index is 10.2. The highest BCUT2D eigenvalue weighted by Crippen LogP contribution is 2.12. The molecule has 0 aliphatic rings. The number of carboxylic acids is 1. The van der Waals surface area contributed by atoms with Gasteiger partial charge in [-0.05, 0) is 12.1 Å². The first-order chi connectivity index (χ1) is 5.20. The molecule has 0 fully saturated rings. The minimum absolute atomic E-state index is 0. The van der Waals surface area contributed by atoms with Crippen molar-refractivity contribution in [1.29, 1.82) is 0 Å². The van der Waals surface area contributed by atoms with Crippen molar-refractivity contribution in [2.75, 3.05) is 0 Å². The van der Waals surface area contributed by atoms with E-state index in [4.69, 9.17) is 10.2 Å². The molecular weight excluding hydrogens is 182 g/mol. The molecule has 0 atom stereocenters. The Balaban J connectivity index is 0.00000121. The van der Waals surface area contributed by atoms with Crippen molar-refractivity contribution in [2.24, 2.45) is 0 Å². The summed E-state index contributed by atoms with van der Waals surface area (Å²) in [6, 6.07) is 2.95. The zero-order valence-electron chi connectivity index (χ0n) is 6.10. The van der Waals surface area contributed by atoms with Gasteiger partial charge in [-0.25, -0.2) is 0 Å². The van der Waals surface area contributed by atoms with Crippen LogP contribution in [-0.4, -0.2) is 21.2 Å². The first-order valence-corrected chi connectivity index (χ1v) is 3.05. The molecule has 0 spiro atoms. The molecular formula is C7H8ClNO3. The Morgan fingerprint density at radius 1 is 1.58 bits per heavy atom. The van der Waals surface area contributed by atoms with Crippen LogP contribution in [-0.2, 0) is 11.2 Å². The zero-order valence-corrected chi connectivity index (χ0v) is 6.91. The summed E-state index contributed by atoms with van der Waals surface area (Å²) < 4.78 is 0. The molecule has 0 saturated carbocycles. The number of carbonyl (C=O) groups is 1. The van der Waals surface area contributed by atoms with E-state index in [1.807, 2.05) is 0 Å². The molecule has 12 heavy (non-hydrogen) atoms. The molecule has 0 aromatic carbocycles. The van der Waals surface area contributed by atoms with E-state index < -0.39 is 5.97 Å². The first kappa shape index (κ1) is 10.7. The molecule has 66 valence electrons. The van der Waals surface area contributed by atoms with Crippen LogP contribution in [0, 0.1) is 0 Å². The van der Waals surface area contributed by atoms with Crippen LogP contribution < -0.4 is 0 Å². The van der Waals surface area contributed by atoms with E-state index in [1.54, 1.807) is 6.07 Å². The lowest BCUT2D eigenvalue weighted by atomic mass is 10.2. The Kier molecular flexibility index (Phi) is 4.07. The molecule has 0 unspecified atom stereocenters. The molecule has 4 nitrogen and oxygen atoms in total. The highest BCUT2D eigenvalue weighted by atomic mass is 35.5. The molecule has 0 radical (unpaired) electrons. The monoisotopic (exact) mass is 189 g/mol. The summed E-state index contributed by atoms with van der Waals surface area (Å²) in [4.78, 5) is 13.9. The van der Waals surface area contributed by atoms with Gasteiger partial charge in [0.25, 0.3) is 0 Å². The van der Waals surface area contributed by atoms with Crippen molar-refractivity contribution < 1.29 is 15.0 Å². The summed E-state index contributed by atoms with van der Waals surface area (Å²) in [5, 5.41) is 17.4. The van der Waals surface area contributed by atoms with E-state index in [0.717, 1.165) is 0 Å². The number of hydrogen-bond donors (Lipinski definition) is 2. The topological polar surface area (TPSA) is 70.4 Å². The predicted octanol–water partition coefficient (Wildman–Crippen LogP) is 0.836. The quantitative estimate of drug-likeness (QED) is 0.723. The number of rotatable bonds is 2. The van der Waals surface area contributed by atoms with Crippen molar-refractivity contribution in [3.8, 4) is 5.75 Å². The second kappa shape index (κ2) is 4.56. The van der Waals surface area contributed by atoms with Gasteiger partial charge >= 0.3 is 5.97 Å². The summed E-state index contributed by atoms with van der Waals surface area (Å²) in [5.41, 5.74) is 0.194. The van der Waals surface area contributed by atoms with Crippen molar-refractivity contribution in [3.05, 3.63) is 24.0 Å². The van der Waals surface area contributed by atoms with E-state index >= 15 is 0 Å². The highest BCUT2D eigenvalue weighted by molar-refractivity contribution is 5.85. The first-order valence-electron chi connectivity index (χ1n) is 3.05. The number of aromatic hydroxyl groups is 1. The maximum absolute atomic E-state index is 10.2. The number of nitrogens with zero attached hydrogens (tertiary/aromatic N) is 1. The minimum Gasteiger partial charge on any atom is -0.506 e. The van der Waals surface area contributed by atoms with Gasteiger partial charge in [-0.1, -0.05) is 0 Å². The summed E-state index contributed by atoms with van der Waals surface area (Å²) in [6.07, 6.45) is 1.20. The van der Waals surface area contributed by atoms with Crippen molar-refractivity contribution in [2.45, 2.75) is 6.42 Å². The van der Waals surface area contributed by atoms with E-state index in [0.29, 0.717) is 0 Å². The van der Waals surface area contributed by atoms with Gasteiger partial charge in [0.2, 0.25) is 0 Å². The molecule has 1 rings (SSSR count). The normalized spacial score (nSPS) is 8.67. The summed E-state index contributed by atoms with van der Waals surface area (Å²) in [7, 11) is 0. The summed E-state index contributed by atoms with van der Waals surface area (Å²) in [6.45, 7) is 0. The van der Waals surface area contributed by atoms with Gasteiger partial charge in [0.05, 0.1) is 12.1 Å². The fourth-order valence-electron chi connectivity index (χ4n) is 0.709. The van der Waals surface area contributed by atoms with Gasteiger partial charge in [-0.15, -0.1) is 12.4 Å². The van der Waals surface area contributed by atoms with Crippen LogP contribution in [0.2, 0.25) is 0 Å².